The SMILES string of the molecule is CC1=C(C(=O)O)c2cc3c(cc2C(=O)C1)C(=O)c1ccccc1C3=O. The van der Waals surface area contributed by atoms with Crippen LogP contribution in [0.15, 0.2) is 42.0 Å². The van der Waals surface area contributed by atoms with Crippen LogP contribution in [-0.4, -0.2) is 28.4 Å². The van der Waals surface area contributed by atoms with Gasteiger partial charge in [0, 0.05) is 39.8 Å². The first-order chi connectivity index (χ1) is 11.9. The van der Waals surface area contributed by atoms with Gasteiger partial charge in [0.1, 0.15) is 0 Å². The Labute approximate surface area is 142 Å². The van der Waals surface area contributed by atoms with Crippen molar-refractivity contribution in [2.45, 2.75) is 13.3 Å². The quantitative estimate of drug-likeness (QED) is 0.740. The zero-order valence-electron chi connectivity index (χ0n) is 13.3. The van der Waals surface area contributed by atoms with Gasteiger partial charge in [-0.1, -0.05) is 29.8 Å². The first kappa shape index (κ1) is 15.2. The van der Waals surface area contributed by atoms with Crippen LogP contribution >= 0.6 is 0 Å². The third kappa shape index (κ3) is 2.02. The molecule has 5 nitrogen and oxygen atoms in total. The predicted octanol–water partition coefficient (Wildman–Crippen LogP) is 2.91. The van der Waals surface area contributed by atoms with Crippen molar-refractivity contribution in [3.63, 3.8) is 0 Å². The van der Waals surface area contributed by atoms with Crippen LogP contribution in [0.1, 0.15) is 61.1 Å². The normalized spacial score (nSPS) is 15.6. The Morgan fingerprint density at radius 1 is 0.840 bits per heavy atom. The molecule has 5 heteroatoms. The highest BCUT2D eigenvalue weighted by molar-refractivity contribution is 6.30. The molecule has 2 aromatic rings. The number of carboxylic acids is 1. The molecule has 25 heavy (non-hydrogen) atoms. The van der Waals surface area contributed by atoms with E-state index >= 15 is 0 Å². The van der Waals surface area contributed by atoms with E-state index in [1.165, 1.54) is 12.1 Å². The fraction of sp³-hybridized carbons (Fsp3) is 0.100. The van der Waals surface area contributed by atoms with Crippen LogP contribution in [-0.2, 0) is 4.79 Å². The Balaban J connectivity index is 2.03. The van der Waals surface area contributed by atoms with E-state index < -0.39 is 5.97 Å². The number of carbonyl (C=O) groups is 4. The van der Waals surface area contributed by atoms with Crippen molar-refractivity contribution in [1.29, 1.82) is 0 Å². The monoisotopic (exact) mass is 332 g/mol. The summed E-state index contributed by atoms with van der Waals surface area (Å²) in [5, 5.41) is 9.50. The van der Waals surface area contributed by atoms with Crippen LogP contribution in [0.3, 0.4) is 0 Å². The van der Waals surface area contributed by atoms with Gasteiger partial charge in [0.05, 0.1) is 5.57 Å². The summed E-state index contributed by atoms with van der Waals surface area (Å²) in [6, 6.07) is 9.25. The van der Waals surface area contributed by atoms with Gasteiger partial charge in [-0.05, 0) is 19.1 Å². The number of aliphatic carboxylic acids is 1. The smallest absolute Gasteiger partial charge is 0.336 e. The average Bonchev–Trinajstić information content (AvgIpc) is 2.58. The molecule has 0 aromatic heterocycles. The van der Waals surface area contributed by atoms with Gasteiger partial charge >= 0.3 is 5.97 Å². The highest BCUT2D eigenvalue weighted by atomic mass is 16.4. The average molecular weight is 332 g/mol. The molecule has 2 aliphatic rings. The van der Waals surface area contributed by atoms with E-state index in [9.17, 15) is 24.3 Å². The van der Waals surface area contributed by atoms with Gasteiger partial charge in [0.2, 0.25) is 0 Å². The highest BCUT2D eigenvalue weighted by Crippen LogP contribution is 2.36. The number of allylic oxidation sites excluding steroid dienone is 1. The summed E-state index contributed by atoms with van der Waals surface area (Å²) in [5.74, 6) is -2.07. The Morgan fingerprint density at radius 2 is 1.36 bits per heavy atom. The summed E-state index contributed by atoms with van der Waals surface area (Å²) in [6.45, 7) is 1.59. The van der Waals surface area contributed by atoms with Crippen LogP contribution in [0, 0.1) is 0 Å². The van der Waals surface area contributed by atoms with Crippen molar-refractivity contribution in [2.75, 3.05) is 0 Å². The third-order valence-corrected chi connectivity index (χ3v) is 4.70. The van der Waals surface area contributed by atoms with Gasteiger partial charge in [-0.3, -0.25) is 14.4 Å². The second-order valence-corrected chi connectivity index (χ2v) is 6.21. The lowest BCUT2D eigenvalue weighted by Crippen LogP contribution is -2.24. The van der Waals surface area contributed by atoms with Gasteiger partial charge < -0.3 is 5.11 Å². The highest BCUT2D eigenvalue weighted by Gasteiger charge is 2.34. The van der Waals surface area contributed by atoms with Gasteiger partial charge in [-0.15, -0.1) is 0 Å². The largest absolute Gasteiger partial charge is 0.478 e. The Kier molecular flexibility index (Phi) is 3.09. The molecule has 0 atom stereocenters. The number of Topliss-reactive ketones (excluding diaryl/α,β-unsaturated/α-hetero) is 1. The molecule has 0 aliphatic heterocycles. The fourth-order valence-electron chi connectivity index (χ4n) is 3.53. The predicted molar refractivity (Wildman–Crippen MR) is 88.9 cm³/mol. The first-order valence-corrected chi connectivity index (χ1v) is 7.73. The van der Waals surface area contributed by atoms with E-state index in [1.54, 1.807) is 31.2 Å². The number of benzene rings is 2. The summed E-state index contributed by atoms with van der Waals surface area (Å²) in [5.41, 5.74) is 1.75. The molecule has 0 amide bonds. The van der Waals surface area contributed by atoms with Crippen molar-refractivity contribution in [3.05, 3.63) is 75.4 Å². The second-order valence-electron chi connectivity index (χ2n) is 6.21. The van der Waals surface area contributed by atoms with Crippen molar-refractivity contribution in [3.8, 4) is 0 Å². The van der Waals surface area contributed by atoms with Crippen LogP contribution in [0.25, 0.3) is 5.57 Å². The van der Waals surface area contributed by atoms with E-state index in [0.717, 1.165) is 0 Å². The molecule has 0 bridgehead atoms. The van der Waals surface area contributed by atoms with E-state index in [2.05, 4.69) is 0 Å². The number of ketones is 3. The Morgan fingerprint density at radius 3 is 1.88 bits per heavy atom. The summed E-state index contributed by atoms with van der Waals surface area (Å²) in [7, 11) is 0. The fourth-order valence-corrected chi connectivity index (χ4v) is 3.53. The minimum absolute atomic E-state index is 0.00779. The van der Waals surface area contributed by atoms with Gasteiger partial charge in [0.15, 0.2) is 17.3 Å². The second kappa shape index (κ2) is 5.08. The number of carbonyl (C=O) groups excluding carboxylic acids is 3. The summed E-state index contributed by atoms with van der Waals surface area (Å²) < 4.78 is 0. The molecule has 2 aliphatic carbocycles. The lowest BCUT2D eigenvalue weighted by Gasteiger charge is -2.23. The number of carboxylic acid groups (broad SMARTS) is 1. The molecular weight excluding hydrogens is 320 g/mol. The number of hydrogen-bond donors (Lipinski definition) is 1. The minimum atomic E-state index is -1.15. The molecule has 2 aromatic carbocycles. The maximum atomic E-state index is 12.8. The van der Waals surface area contributed by atoms with Crippen molar-refractivity contribution in [2.24, 2.45) is 0 Å². The van der Waals surface area contributed by atoms with Crippen LogP contribution in [0.4, 0.5) is 0 Å². The van der Waals surface area contributed by atoms with Crippen molar-refractivity contribution in [1.82, 2.24) is 0 Å². The van der Waals surface area contributed by atoms with E-state index in [-0.39, 0.29) is 51.6 Å². The number of fused-ring (bicyclic) bond motifs is 3. The number of hydrogen-bond acceptors (Lipinski definition) is 4. The summed E-state index contributed by atoms with van der Waals surface area (Å²) in [6.07, 6.45) is -0.00779. The van der Waals surface area contributed by atoms with Gasteiger partial charge in [-0.2, -0.15) is 0 Å². The maximum absolute atomic E-state index is 12.8. The molecule has 122 valence electrons. The lowest BCUT2D eigenvalue weighted by molar-refractivity contribution is -0.130. The molecule has 0 radical (unpaired) electrons. The molecule has 0 saturated carbocycles. The molecule has 0 saturated heterocycles. The van der Waals surface area contributed by atoms with Crippen LogP contribution in [0.2, 0.25) is 0 Å². The van der Waals surface area contributed by atoms with E-state index in [1.807, 2.05) is 0 Å². The molecule has 0 spiro atoms. The van der Waals surface area contributed by atoms with E-state index in [0.29, 0.717) is 16.7 Å². The first-order valence-electron chi connectivity index (χ1n) is 7.73. The minimum Gasteiger partial charge on any atom is -0.478 e. The lowest BCUT2D eigenvalue weighted by atomic mass is 9.77. The summed E-state index contributed by atoms with van der Waals surface area (Å²) >= 11 is 0. The zero-order valence-corrected chi connectivity index (χ0v) is 13.3. The zero-order chi connectivity index (χ0) is 17.9. The molecule has 0 fully saturated rings. The standard InChI is InChI=1S/C20H12O5/c1-9-6-16(21)12-7-14-15(8-13(12)17(9)20(24)25)19(23)11-5-3-2-4-10(11)18(14)22/h2-5,7-8H,6H2,1H3,(H,24,25). The third-order valence-electron chi connectivity index (χ3n) is 4.70. The maximum Gasteiger partial charge on any atom is 0.336 e. The van der Waals surface area contributed by atoms with Crippen molar-refractivity contribution < 1.29 is 24.3 Å². The van der Waals surface area contributed by atoms with Crippen LogP contribution in [0.5, 0.6) is 0 Å². The molecule has 4 rings (SSSR count). The molecular formula is C20H12O5. The molecule has 1 N–H and O–H groups in total. The van der Waals surface area contributed by atoms with Gasteiger partial charge in [-0.25, -0.2) is 4.79 Å². The molecule has 0 unspecified atom stereocenters. The summed E-state index contributed by atoms with van der Waals surface area (Å²) in [4.78, 5) is 49.5. The Hall–Kier alpha value is -3.34. The Bertz CT molecular complexity index is 1060. The topological polar surface area (TPSA) is 88.5 Å². The number of rotatable bonds is 1. The van der Waals surface area contributed by atoms with Crippen molar-refractivity contribution >= 4 is 28.9 Å². The van der Waals surface area contributed by atoms with Crippen LogP contribution < -0.4 is 0 Å². The molecule has 0 heterocycles. The van der Waals surface area contributed by atoms with E-state index in [4.69, 9.17) is 0 Å². The van der Waals surface area contributed by atoms with Gasteiger partial charge in [0.25, 0.3) is 0 Å².